The maximum absolute atomic E-state index is 6.21. The van der Waals surface area contributed by atoms with Crippen LogP contribution in [0.4, 0.5) is 0 Å². The molecule has 0 amide bonds. The Balaban J connectivity index is 2.96. The van der Waals surface area contributed by atoms with E-state index in [4.69, 9.17) is 5.73 Å². The summed E-state index contributed by atoms with van der Waals surface area (Å²) in [5.41, 5.74) is 7.51. The van der Waals surface area contributed by atoms with Gasteiger partial charge in [0.15, 0.2) is 0 Å². The lowest BCUT2D eigenvalue weighted by Crippen LogP contribution is -2.41. The van der Waals surface area contributed by atoms with E-state index in [2.05, 4.69) is 72.8 Å². The van der Waals surface area contributed by atoms with Crippen molar-refractivity contribution >= 4 is 15.9 Å². The molecule has 1 rings (SSSR count). The first kappa shape index (κ1) is 15.7. The number of hydrogen-bond donors (Lipinski definition) is 1. The highest BCUT2D eigenvalue weighted by Gasteiger charge is 2.23. The summed E-state index contributed by atoms with van der Waals surface area (Å²) < 4.78 is 1.11. The SMILES string of the molecule is CCN(CC(C)C)C(c1ccc(Br)cc1)C(C)N. The van der Waals surface area contributed by atoms with Crippen molar-refractivity contribution in [3.05, 3.63) is 34.3 Å². The number of hydrogen-bond acceptors (Lipinski definition) is 2. The largest absolute Gasteiger partial charge is 0.326 e. The molecule has 0 saturated heterocycles. The Labute approximate surface area is 120 Å². The van der Waals surface area contributed by atoms with Crippen molar-refractivity contribution in [3.63, 3.8) is 0 Å². The molecule has 102 valence electrons. The molecule has 0 aliphatic carbocycles. The van der Waals surface area contributed by atoms with Gasteiger partial charge in [-0.25, -0.2) is 0 Å². The van der Waals surface area contributed by atoms with Crippen LogP contribution >= 0.6 is 15.9 Å². The average molecular weight is 313 g/mol. The second-order valence-corrected chi connectivity index (χ2v) is 6.25. The summed E-state index contributed by atoms with van der Waals surface area (Å²) in [4.78, 5) is 2.47. The van der Waals surface area contributed by atoms with Gasteiger partial charge < -0.3 is 5.73 Å². The molecule has 3 heteroatoms. The Morgan fingerprint density at radius 3 is 2.11 bits per heavy atom. The van der Waals surface area contributed by atoms with Gasteiger partial charge in [0, 0.05) is 23.1 Å². The lowest BCUT2D eigenvalue weighted by Gasteiger charge is -2.35. The minimum Gasteiger partial charge on any atom is -0.326 e. The van der Waals surface area contributed by atoms with Crippen molar-refractivity contribution in [2.75, 3.05) is 13.1 Å². The van der Waals surface area contributed by atoms with E-state index in [1.165, 1.54) is 5.56 Å². The molecule has 1 aromatic rings. The van der Waals surface area contributed by atoms with Gasteiger partial charge in [0.25, 0.3) is 0 Å². The molecule has 2 N–H and O–H groups in total. The first-order chi connectivity index (χ1) is 8.45. The highest BCUT2D eigenvalue weighted by molar-refractivity contribution is 9.10. The fraction of sp³-hybridized carbons (Fsp3) is 0.600. The smallest absolute Gasteiger partial charge is 0.0496 e. The van der Waals surface area contributed by atoms with Crippen molar-refractivity contribution in [2.24, 2.45) is 11.7 Å². The molecule has 18 heavy (non-hydrogen) atoms. The van der Waals surface area contributed by atoms with E-state index >= 15 is 0 Å². The molecule has 0 aliphatic rings. The lowest BCUT2D eigenvalue weighted by molar-refractivity contribution is 0.166. The fourth-order valence-electron chi connectivity index (χ4n) is 2.42. The first-order valence-corrected chi connectivity index (χ1v) is 7.50. The molecule has 0 radical (unpaired) electrons. The number of benzene rings is 1. The van der Waals surface area contributed by atoms with E-state index < -0.39 is 0 Å². The van der Waals surface area contributed by atoms with E-state index in [0.29, 0.717) is 12.0 Å². The van der Waals surface area contributed by atoms with Gasteiger partial charge in [-0.3, -0.25) is 4.90 Å². The zero-order chi connectivity index (χ0) is 13.7. The topological polar surface area (TPSA) is 29.3 Å². The molecule has 0 aromatic heterocycles. The second-order valence-electron chi connectivity index (χ2n) is 5.34. The molecule has 0 aliphatic heterocycles. The van der Waals surface area contributed by atoms with E-state index in [0.717, 1.165) is 17.6 Å². The van der Waals surface area contributed by atoms with Crippen LogP contribution in [0.25, 0.3) is 0 Å². The van der Waals surface area contributed by atoms with Crippen LogP contribution in [-0.2, 0) is 0 Å². The van der Waals surface area contributed by atoms with Crippen molar-refractivity contribution < 1.29 is 0 Å². The van der Waals surface area contributed by atoms with E-state index in [1.54, 1.807) is 0 Å². The van der Waals surface area contributed by atoms with Crippen LogP contribution in [0.1, 0.15) is 39.3 Å². The molecule has 0 fully saturated rings. The van der Waals surface area contributed by atoms with E-state index in [9.17, 15) is 0 Å². The summed E-state index contributed by atoms with van der Waals surface area (Å²) in [7, 11) is 0. The van der Waals surface area contributed by atoms with Gasteiger partial charge in [0.05, 0.1) is 0 Å². The Morgan fingerprint density at radius 2 is 1.72 bits per heavy atom. The van der Waals surface area contributed by atoms with Crippen LogP contribution in [0.2, 0.25) is 0 Å². The maximum Gasteiger partial charge on any atom is 0.0496 e. The van der Waals surface area contributed by atoms with Crippen LogP contribution in [0.3, 0.4) is 0 Å². The molecule has 0 heterocycles. The third-order valence-corrected chi connectivity index (χ3v) is 3.64. The minimum atomic E-state index is 0.130. The van der Waals surface area contributed by atoms with Crippen molar-refractivity contribution in [3.8, 4) is 0 Å². The molecular weight excluding hydrogens is 288 g/mol. The number of rotatable bonds is 6. The molecule has 0 bridgehead atoms. The molecule has 2 atom stereocenters. The predicted octanol–water partition coefficient (Wildman–Crippen LogP) is 3.82. The molecule has 2 unspecified atom stereocenters. The monoisotopic (exact) mass is 312 g/mol. The summed E-state index contributed by atoms with van der Waals surface area (Å²) in [6.07, 6.45) is 0. The Kier molecular flexibility index (Phi) is 6.33. The third kappa shape index (κ3) is 4.38. The van der Waals surface area contributed by atoms with Crippen LogP contribution < -0.4 is 5.73 Å². The molecule has 1 aromatic carbocycles. The standard InChI is InChI=1S/C15H25BrN2/c1-5-18(10-11(2)3)15(12(4)17)13-6-8-14(16)9-7-13/h6-9,11-12,15H,5,10,17H2,1-4H3. The van der Waals surface area contributed by atoms with Gasteiger partial charge in [-0.15, -0.1) is 0 Å². The zero-order valence-electron chi connectivity index (χ0n) is 11.9. The van der Waals surface area contributed by atoms with Crippen molar-refractivity contribution in [1.29, 1.82) is 0 Å². The van der Waals surface area contributed by atoms with Crippen LogP contribution in [-0.4, -0.2) is 24.0 Å². The van der Waals surface area contributed by atoms with Crippen molar-refractivity contribution in [2.45, 2.75) is 39.8 Å². The van der Waals surface area contributed by atoms with E-state index in [-0.39, 0.29) is 6.04 Å². The number of nitrogens with two attached hydrogens (primary N) is 1. The van der Waals surface area contributed by atoms with Gasteiger partial charge in [-0.05, 0) is 37.1 Å². The van der Waals surface area contributed by atoms with Crippen LogP contribution in [0, 0.1) is 5.92 Å². The number of halogens is 1. The normalized spacial score (nSPS) is 15.1. The molecule has 2 nitrogen and oxygen atoms in total. The Hall–Kier alpha value is -0.380. The van der Waals surface area contributed by atoms with Gasteiger partial charge in [-0.1, -0.05) is 48.8 Å². The fourth-order valence-corrected chi connectivity index (χ4v) is 2.68. The highest BCUT2D eigenvalue weighted by atomic mass is 79.9. The minimum absolute atomic E-state index is 0.130. The van der Waals surface area contributed by atoms with Crippen LogP contribution in [0.15, 0.2) is 28.7 Å². The summed E-state index contributed by atoms with van der Waals surface area (Å²) >= 11 is 3.48. The number of nitrogens with zero attached hydrogens (tertiary/aromatic N) is 1. The summed E-state index contributed by atoms with van der Waals surface area (Å²) in [6.45, 7) is 10.9. The number of likely N-dealkylation sites (N-methyl/N-ethyl adjacent to an activating group) is 1. The maximum atomic E-state index is 6.21. The zero-order valence-corrected chi connectivity index (χ0v) is 13.4. The first-order valence-electron chi connectivity index (χ1n) is 6.70. The molecule has 0 saturated carbocycles. The van der Waals surface area contributed by atoms with E-state index in [1.807, 2.05) is 0 Å². The Morgan fingerprint density at radius 1 is 1.17 bits per heavy atom. The summed E-state index contributed by atoms with van der Waals surface area (Å²) in [5.74, 6) is 0.654. The van der Waals surface area contributed by atoms with Crippen molar-refractivity contribution in [1.82, 2.24) is 4.90 Å². The van der Waals surface area contributed by atoms with Gasteiger partial charge in [0.2, 0.25) is 0 Å². The highest BCUT2D eigenvalue weighted by Crippen LogP contribution is 2.25. The second kappa shape index (κ2) is 7.27. The molecular formula is C15H25BrN2. The third-order valence-electron chi connectivity index (χ3n) is 3.11. The predicted molar refractivity (Wildman–Crippen MR) is 82.6 cm³/mol. The van der Waals surface area contributed by atoms with Gasteiger partial charge in [-0.2, -0.15) is 0 Å². The molecule has 0 spiro atoms. The summed E-state index contributed by atoms with van der Waals surface area (Å²) in [6, 6.07) is 8.94. The van der Waals surface area contributed by atoms with Gasteiger partial charge in [0.1, 0.15) is 0 Å². The lowest BCUT2D eigenvalue weighted by atomic mass is 9.98. The van der Waals surface area contributed by atoms with Gasteiger partial charge >= 0.3 is 0 Å². The van der Waals surface area contributed by atoms with Crippen LogP contribution in [0.5, 0.6) is 0 Å². The average Bonchev–Trinajstić information content (AvgIpc) is 2.29. The quantitative estimate of drug-likeness (QED) is 0.865. The Bertz CT molecular complexity index is 346. The summed E-state index contributed by atoms with van der Waals surface area (Å²) in [5, 5.41) is 0.